The number of hydrogen-bond acceptors (Lipinski definition) is 6. The summed E-state index contributed by atoms with van der Waals surface area (Å²) in [5.74, 6) is 2.79. The number of methoxy groups -OCH3 is 3. The summed E-state index contributed by atoms with van der Waals surface area (Å²) in [4.78, 5) is 15.7. The third-order valence-electron chi connectivity index (χ3n) is 6.62. The summed E-state index contributed by atoms with van der Waals surface area (Å²) in [5.41, 5.74) is 2.71. The number of benzene rings is 2. The lowest BCUT2D eigenvalue weighted by atomic mass is 9.97. The fourth-order valence-electron chi connectivity index (χ4n) is 4.60. The van der Waals surface area contributed by atoms with Crippen molar-refractivity contribution >= 4 is 11.6 Å². The number of para-hydroxylation sites is 1. The Balaban J connectivity index is 1.64. The van der Waals surface area contributed by atoms with Gasteiger partial charge in [-0.3, -0.25) is 9.69 Å². The van der Waals surface area contributed by atoms with Crippen molar-refractivity contribution in [2.75, 3.05) is 41.0 Å². The first kappa shape index (κ1) is 23.1. The van der Waals surface area contributed by atoms with E-state index in [-0.39, 0.29) is 11.9 Å². The van der Waals surface area contributed by atoms with Gasteiger partial charge in [0.25, 0.3) is 5.91 Å². The number of likely N-dealkylation sites (tertiary alicyclic amines) is 1. The molecule has 0 radical (unpaired) electrons. The maximum Gasteiger partial charge on any atom is 0.257 e. The van der Waals surface area contributed by atoms with Crippen LogP contribution in [0.4, 0.5) is 0 Å². The second kappa shape index (κ2) is 10.3. The van der Waals surface area contributed by atoms with Crippen LogP contribution in [0.3, 0.4) is 0 Å². The molecule has 1 fully saturated rings. The van der Waals surface area contributed by atoms with Crippen molar-refractivity contribution in [3.8, 4) is 17.2 Å². The molecule has 0 unspecified atom stereocenters. The number of piperidine rings is 1. The molecule has 0 spiro atoms. The molecule has 0 saturated carbocycles. The van der Waals surface area contributed by atoms with Crippen molar-refractivity contribution in [2.24, 2.45) is 11.0 Å². The molecule has 33 heavy (non-hydrogen) atoms. The minimum Gasteiger partial charge on any atom is -0.496 e. The van der Waals surface area contributed by atoms with Crippen molar-refractivity contribution in [3.05, 3.63) is 53.6 Å². The zero-order valence-corrected chi connectivity index (χ0v) is 19.9. The van der Waals surface area contributed by atoms with Crippen LogP contribution in [0.15, 0.2) is 47.6 Å². The Kier molecular flexibility index (Phi) is 7.18. The molecule has 2 heterocycles. The highest BCUT2D eigenvalue weighted by molar-refractivity contribution is 6.03. The Labute approximate surface area is 195 Å². The lowest BCUT2D eigenvalue weighted by molar-refractivity contribution is -0.134. The summed E-state index contributed by atoms with van der Waals surface area (Å²) in [5, 5.41) is 6.48. The number of carbonyl (C=O) groups is 1. The summed E-state index contributed by atoms with van der Waals surface area (Å²) >= 11 is 0. The van der Waals surface area contributed by atoms with E-state index < -0.39 is 0 Å². The predicted octanol–water partition coefficient (Wildman–Crippen LogP) is 4.12. The zero-order valence-electron chi connectivity index (χ0n) is 19.9. The molecular weight excluding hydrogens is 418 g/mol. The standard InChI is InChI=1S/C26H33N3O4/c1-18-11-13-28(14-12-18)17-26(30)29-22(20-7-5-6-8-23(20)31-2)16-21(27-29)19-9-10-24(32-3)25(15-19)33-4/h5-10,15,18,22H,11-14,16-17H2,1-4H3/t22-/m1/s1. The summed E-state index contributed by atoms with van der Waals surface area (Å²) in [6.45, 7) is 4.55. The molecule has 2 aliphatic rings. The van der Waals surface area contributed by atoms with E-state index in [1.54, 1.807) is 26.3 Å². The molecule has 0 bridgehead atoms. The molecule has 2 aromatic rings. The van der Waals surface area contributed by atoms with Crippen LogP contribution < -0.4 is 14.2 Å². The normalized spacial score (nSPS) is 19.3. The smallest absolute Gasteiger partial charge is 0.257 e. The number of rotatable bonds is 7. The molecule has 4 rings (SSSR count). The second-order valence-electron chi connectivity index (χ2n) is 8.78. The number of nitrogens with zero attached hydrogens (tertiary/aromatic N) is 3. The summed E-state index contributed by atoms with van der Waals surface area (Å²) in [6.07, 6.45) is 2.85. The first-order valence-corrected chi connectivity index (χ1v) is 11.5. The monoisotopic (exact) mass is 451 g/mol. The quantitative estimate of drug-likeness (QED) is 0.634. The van der Waals surface area contributed by atoms with Gasteiger partial charge in [0, 0.05) is 17.5 Å². The van der Waals surface area contributed by atoms with Crippen molar-refractivity contribution in [3.63, 3.8) is 0 Å². The van der Waals surface area contributed by atoms with Crippen molar-refractivity contribution < 1.29 is 19.0 Å². The summed E-state index contributed by atoms with van der Waals surface area (Å²) in [7, 11) is 4.89. The Morgan fingerprint density at radius 2 is 1.67 bits per heavy atom. The van der Waals surface area contributed by atoms with Crippen LogP contribution in [0.25, 0.3) is 0 Å². The van der Waals surface area contributed by atoms with Gasteiger partial charge < -0.3 is 14.2 Å². The van der Waals surface area contributed by atoms with Crippen LogP contribution >= 0.6 is 0 Å². The molecule has 2 aromatic carbocycles. The van der Waals surface area contributed by atoms with Crippen LogP contribution in [0.1, 0.15) is 43.4 Å². The van der Waals surface area contributed by atoms with Crippen LogP contribution in [0.5, 0.6) is 17.2 Å². The highest BCUT2D eigenvalue weighted by Gasteiger charge is 2.35. The van der Waals surface area contributed by atoms with Gasteiger partial charge in [0.05, 0.1) is 39.6 Å². The Hall–Kier alpha value is -3.06. The van der Waals surface area contributed by atoms with E-state index in [0.29, 0.717) is 24.5 Å². The van der Waals surface area contributed by atoms with Gasteiger partial charge in [0.1, 0.15) is 5.75 Å². The SMILES string of the molecule is COc1ccc(C2=NN(C(=O)CN3CCC(C)CC3)[C@@H](c3ccccc3OC)C2)cc1OC. The van der Waals surface area contributed by atoms with Crippen LogP contribution in [-0.4, -0.2) is 62.5 Å². The fraction of sp³-hybridized carbons (Fsp3) is 0.462. The van der Waals surface area contributed by atoms with Crippen molar-refractivity contribution in [2.45, 2.75) is 32.2 Å². The van der Waals surface area contributed by atoms with Gasteiger partial charge in [0.2, 0.25) is 0 Å². The lowest BCUT2D eigenvalue weighted by Crippen LogP contribution is -2.41. The lowest BCUT2D eigenvalue weighted by Gasteiger charge is -2.31. The van der Waals surface area contributed by atoms with Crippen LogP contribution in [-0.2, 0) is 4.79 Å². The second-order valence-corrected chi connectivity index (χ2v) is 8.78. The van der Waals surface area contributed by atoms with Gasteiger partial charge in [-0.15, -0.1) is 0 Å². The number of ether oxygens (including phenoxy) is 3. The molecule has 2 aliphatic heterocycles. The Morgan fingerprint density at radius 3 is 2.36 bits per heavy atom. The third-order valence-corrected chi connectivity index (χ3v) is 6.62. The van der Waals surface area contributed by atoms with E-state index in [9.17, 15) is 4.79 Å². The van der Waals surface area contributed by atoms with Gasteiger partial charge in [0.15, 0.2) is 11.5 Å². The Morgan fingerprint density at radius 1 is 0.970 bits per heavy atom. The molecule has 0 aromatic heterocycles. The average molecular weight is 452 g/mol. The molecule has 1 atom stereocenters. The highest BCUT2D eigenvalue weighted by Crippen LogP contribution is 2.38. The van der Waals surface area contributed by atoms with Crippen LogP contribution in [0.2, 0.25) is 0 Å². The van der Waals surface area contributed by atoms with Gasteiger partial charge in [-0.25, -0.2) is 5.01 Å². The molecule has 176 valence electrons. The highest BCUT2D eigenvalue weighted by atomic mass is 16.5. The average Bonchev–Trinajstić information content (AvgIpc) is 3.30. The van der Waals surface area contributed by atoms with Gasteiger partial charge >= 0.3 is 0 Å². The van der Waals surface area contributed by atoms with E-state index in [2.05, 4.69) is 11.8 Å². The largest absolute Gasteiger partial charge is 0.496 e. The minimum atomic E-state index is -0.222. The molecule has 0 N–H and O–H groups in total. The summed E-state index contributed by atoms with van der Waals surface area (Å²) < 4.78 is 16.5. The van der Waals surface area contributed by atoms with E-state index in [0.717, 1.165) is 54.4 Å². The molecule has 1 saturated heterocycles. The van der Waals surface area contributed by atoms with Gasteiger partial charge in [-0.05, 0) is 56.1 Å². The number of hydrazone groups is 1. The van der Waals surface area contributed by atoms with Crippen molar-refractivity contribution in [1.29, 1.82) is 0 Å². The van der Waals surface area contributed by atoms with Gasteiger partial charge in [-0.2, -0.15) is 5.10 Å². The molecule has 0 aliphatic carbocycles. The van der Waals surface area contributed by atoms with Gasteiger partial charge in [-0.1, -0.05) is 25.1 Å². The minimum absolute atomic E-state index is 0.0101. The van der Waals surface area contributed by atoms with Crippen LogP contribution in [0, 0.1) is 5.92 Å². The van der Waals surface area contributed by atoms with E-state index in [1.807, 2.05) is 42.5 Å². The molecular formula is C26H33N3O4. The maximum absolute atomic E-state index is 13.5. The first-order chi connectivity index (χ1) is 16.0. The number of carbonyl (C=O) groups excluding carboxylic acids is 1. The molecule has 1 amide bonds. The van der Waals surface area contributed by atoms with E-state index in [4.69, 9.17) is 19.3 Å². The molecule has 7 heteroatoms. The molecule has 7 nitrogen and oxygen atoms in total. The Bertz CT molecular complexity index is 1010. The predicted molar refractivity (Wildman–Crippen MR) is 128 cm³/mol. The number of amides is 1. The van der Waals surface area contributed by atoms with Crippen molar-refractivity contribution in [1.82, 2.24) is 9.91 Å². The zero-order chi connectivity index (χ0) is 23.4. The van der Waals surface area contributed by atoms with E-state index >= 15 is 0 Å². The fourth-order valence-corrected chi connectivity index (χ4v) is 4.60. The van der Waals surface area contributed by atoms with E-state index in [1.165, 1.54) is 0 Å². The maximum atomic E-state index is 13.5. The number of hydrogen-bond donors (Lipinski definition) is 0. The summed E-state index contributed by atoms with van der Waals surface area (Å²) in [6, 6.07) is 13.4. The first-order valence-electron chi connectivity index (χ1n) is 11.5. The third kappa shape index (κ3) is 4.98. The topological polar surface area (TPSA) is 63.6 Å².